The standard InChI is InChI=1S/C14H12ClF3N2O4S/c15-7-2-1-6(14(16,17)18)3-9(7)20-11(21)4-10(12(20)22)25-5-8(19)13(23)24/h1-3,8,10H,4-5,19H2,(H,23,24). The Labute approximate surface area is 149 Å². The molecule has 2 rings (SSSR count). The average molecular weight is 397 g/mol. The van der Waals surface area contributed by atoms with Gasteiger partial charge in [-0.05, 0) is 18.2 Å². The molecule has 11 heteroatoms. The lowest BCUT2D eigenvalue weighted by atomic mass is 10.2. The summed E-state index contributed by atoms with van der Waals surface area (Å²) in [4.78, 5) is 35.7. The van der Waals surface area contributed by atoms with E-state index in [0.29, 0.717) is 11.0 Å². The van der Waals surface area contributed by atoms with Crippen molar-refractivity contribution in [3.05, 3.63) is 28.8 Å². The van der Waals surface area contributed by atoms with Crippen molar-refractivity contribution in [3.63, 3.8) is 0 Å². The van der Waals surface area contributed by atoms with Crippen molar-refractivity contribution in [2.75, 3.05) is 10.7 Å². The Morgan fingerprint density at radius 3 is 2.64 bits per heavy atom. The zero-order chi connectivity index (χ0) is 18.9. The van der Waals surface area contributed by atoms with Crippen molar-refractivity contribution >= 4 is 46.8 Å². The van der Waals surface area contributed by atoms with Crippen molar-refractivity contribution in [1.29, 1.82) is 0 Å². The van der Waals surface area contributed by atoms with Crippen molar-refractivity contribution in [1.82, 2.24) is 0 Å². The molecule has 0 aromatic heterocycles. The van der Waals surface area contributed by atoms with E-state index in [9.17, 15) is 27.6 Å². The van der Waals surface area contributed by atoms with E-state index < -0.39 is 40.8 Å². The number of carboxylic acid groups (broad SMARTS) is 1. The highest BCUT2D eigenvalue weighted by Crippen LogP contribution is 2.38. The van der Waals surface area contributed by atoms with Crippen LogP contribution in [0.3, 0.4) is 0 Å². The second-order valence-corrected chi connectivity index (χ2v) is 6.85. The number of benzene rings is 1. The molecule has 1 aliphatic heterocycles. The number of thioether (sulfide) groups is 1. The van der Waals surface area contributed by atoms with Gasteiger partial charge in [0.25, 0.3) is 0 Å². The minimum atomic E-state index is -4.66. The van der Waals surface area contributed by atoms with Gasteiger partial charge in [0.1, 0.15) is 6.04 Å². The minimum Gasteiger partial charge on any atom is -0.480 e. The van der Waals surface area contributed by atoms with Gasteiger partial charge in [0.05, 0.1) is 21.5 Å². The first-order valence-corrected chi connectivity index (χ1v) is 8.28. The highest BCUT2D eigenvalue weighted by molar-refractivity contribution is 8.00. The van der Waals surface area contributed by atoms with E-state index >= 15 is 0 Å². The monoisotopic (exact) mass is 396 g/mol. The first-order chi connectivity index (χ1) is 11.5. The summed E-state index contributed by atoms with van der Waals surface area (Å²) in [5, 5.41) is 7.62. The Bertz CT molecular complexity index is 729. The summed E-state index contributed by atoms with van der Waals surface area (Å²) in [6.07, 6.45) is -4.93. The predicted octanol–water partition coefficient (Wildman–Crippen LogP) is 2.14. The Hall–Kier alpha value is -1.78. The maximum absolute atomic E-state index is 12.8. The van der Waals surface area contributed by atoms with E-state index in [0.717, 1.165) is 23.9 Å². The fourth-order valence-electron chi connectivity index (χ4n) is 2.14. The highest BCUT2D eigenvalue weighted by Gasteiger charge is 2.42. The molecular weight excluding hydrogens is 385 g/mol. The molecule has 1 aliphatic rings. The van der Waals surface area contributed by atoms with Crippen LogP contribution in [-0.2, 0) is 20.6 Å². The number of hydrogen-bond acceptors (Lipinski definition) is 5. The molecule has 25 heavy (non-hydrogen) atoms. The molecule has 0 spiro atoms. The van der Waals surface area contributed by atoms with Crippen LogP contribution in [0.15, 0.2) is 18.2 Å². The number of nitrogens with zero attached hydrogens (tertiary/aromatic N) is 1. The molecule has 1 heterocycles. The van der Waals surface area contributed by atoms with Crippen LogP contribution in [-0.4, -0.2) is 39.9 Å². The Morgan fingerprint density at radius 1 is 1.44 bits per heavy atom. The number of halogens is 4. The number of alkyl halides is 3. The van der Waals surface area contributed by atoms with E-state index in [2.05, 4.69) is 0 Å². The minimum absolute atomic E-state index is 0.122. The quantitative estimate of drug-likeness (QED) is 0.739. The lowest BCUT2D eigenvalue weighted by Crippen LogP contribution is -2.35. The van der Waals surface area contributed by atoms with Gasteiger partial charge in [-0.1, -0.05) is 11.6 Å². The predicted molar refractivity (Wildman–Crippen MR) is 85.4 cm³/mol. The maximum Gasteiger partial charge on any atom is 0.416 e. The number of anilines is 1. The van der Waals surface area contributed by atoms with Gasteiger partial charge < -0.3 is 10.8 Å². The molecule has 0 bridgehead atoms. The second kappa shape index (κ2) is 7.22. The van der Waals surface area contributed by atoms with Gasteiger partial charge in [-0.2, -0.15) is 13.2 Å². The van der Waals surface area contributed by atoms with E-state index in [1.807, 2.05) is 0 Å². The summed E-state index contributed by atoms with van der Waals surface area (Å²) in [5.74, 6) is -2.85. The molecule has 1 aromatic carbocycles. The number of hydrogen-bond donors (Lipinski definition) is 2. The maximum atomic E-state index is 12.8. The molecular formula is C14H12ClF3N2O4S. The van der Waals surface area contributed by atoms with Crippen LogP contribution < -0.4 is 10.6 Å². The zero-order valence-corrected chi connectivity index (χ0v) is 14.0. The summed E-state index contributed by atoms with van der Waals surface area (Å²) >= 11 is 6.72. The van der Waals surface area contributed by atoms with Crippen LogP contribution >= 0.6 is 23.4 Å². The van der Waals surface area contributed by atoms with Crippen LogP contribution in [0.2, 0.25) is 5.02 Å². The smallest absolute Gasteiger partial charge is 0.416 e. The lowest BCUT2D eigenvalue weighted by molar-refractivity contribution is -0.138. The number of aliphatic carboxylic acids is 1. The summed E-state index contributed by atoms with van der Waals surface area (Å²) in [7, 11) is 0. The average Bonchev–Trinajstić information content (AvgIpc) is 2.78. The Balaban J connectivity index is 2.24. The number of carbonyl (C=O) groups is 3. The van der Waals surface area contributed by atoms with E-state index in [4.69, 9.17) is 22.4 Å². The number of amides is 2. The highest BCUT2D eigenvalue weighted by atomic mass is 35.5. The molecule has 0 aliphatic carbocycles. The van der Waals surface area contributed by atoms with Crippen LogP contribution in [0.1, 0.15) is 12.0 Å². The first-order valence-electron chi connectivity index (χ1n) is 6.86. The van der Waals surface area contributed by atoms with Crippen LogP contribution in [0, 0.1) is 0 Å². The second-order valence-electron chi connectivity index (χ2n) is 5.20. The number of nitrogens with two attached hydrogens (primary N) is 1. The molecule has 3 N–H and O–H groups in total. The van der Waals surface area contributed by atoms with Crippen molar-refractivity contribution in [2.24, 2.45) is 5.73 Å². The summed E-state index contributed by atoms with van der Waals surface area (Å²) in [6.45, 7) is 0. The Kier molecular flexibility index (Phi) is 5.65. The number of carbonyl (C=O) groups excluding carboxylic acids is 2. The van der Waals surface area contributed by atoms with Crippen molar-refractivity contribution < 1.29 is 32.7 Å². The van der Waals surface area contributed by atoms with Crippen LogP contribution in [0.25, 0.3) is 0 Å². The van der Waals surface area contributed by atoms with Gasteiger partial charge >= 0.3 is 12.1 Å². The third-order valence-corrected chi connectivity index (χ3v) is 5.06. The number of rotatable bonds is 5. The summed E-state index contributed by atoms with van der Waals surface area (Å²) in [5.41, 5.74) is 3.94. The largest absolute Gasteiger partial charge is 0.480 e. The summed E-state index contributed by atoms with van der Waals surface area (Å²) in [6, 6.07) is 1.11. The van der Waals surface area contributed by atoms with E-state index in [1.54, 1.807) is 0 Å². The summed E-state index contributed by atoms with van der Waals surface area (Å²) < 4.78 is 38.5. The third-order valence-electron chi connectivity index (χ3n) is 3.41. The van der Waals surface area contributed by atoms with Gasteiger partial charge in [0.15, 0.2) is 0 Å². The Morgan fingerprint density at radius 2 is 2.08 bits per heavy atom. The molecule has 1 aromatic rings. The molecule has 0 radical (unpaired) electrons. The van der Waals surface area contributed by atoms with Crippen molar-refractivity contribution in [2.45, 2.75) is 23.9 Å². The fourth-order valence-corrected chi connectivity index (χ4v) is 3.43. The van der Waals surface area contributed by atoms with Gasteiger partial charge in [0, 0.05) is 12.2 Å². The number of carboxylic acids is 1. The first kappa shape index (κ1) is 19.5. The molecule has 1 fully saturated rings. The molecule has 136 valence electrons. The SMILES string of the molecule is NC(CSC1CC(=O)N(c2cc(C(F)(F)F)ccc2Cl)C1=O)C(=O)O. The fraction of sp³-hybridized carbons (Fsp3) is 0.357. The molecule has 2 atom stereocenters. The normalized spacial score (nSPS) is 19.4. The molecule has 1 saturated heterocycles. The van der Waals surface area contributed by atoms with Gasteiger partial charge in [-0.25, -0.2) is 4.90 Å². The van der Waals surface area contributed by atoms with E-state index in [1.165, 1.54) is 0 Å². The lowest BCUT2D eigenvalue weighted by Gasteiger charge is -2.18. The number of imide groups is 1. The van der Waals surface area contributed by atoms with E-state index in [-0.39, 0.29) is 22.9 Å². The van der Waals surface area contributed by atoms with Gasteiger partial charge in [-0.3, -0.25) is 14.4 Å². The van der Waals surface area contributed by atoms with Gasteiger partial charge in [-0.15, -0.1) is 11.8 Å². The topological polar surface area (TPSA) is 101 Å². The van der Waals surface area contributed by atoms with Crippen LogP contribution in [0.4, 0.5) is 18.9 Å². The van der Waals surface area contributed by atoms with Crippen molar-refractivity contribution in [3.8, 4) is 0 Å². The van der Waals surface area contributed by atoms with Crippen LogP contribution in [0.5, 0.6) is 0 Å². The third kappa shape index (κ3) is 4.25. The zero-order valence-electron chi connectivity index (χ0n) is 12.4. The van der Waals surface area contributed by atoms with Gasteiger partial charge in [0.2, 0.25) is 11.8 Å². The molecule has 2 amide bonds. The molecule has 2 unspecified atom stereocenters. The molecule has 6 nitrogen and oxygen atoms in total. The molecule has 0 saturated carbocycles.